The van der Waals surface area contributed by atoms with E-state index in [9.17, 15) is 9.59 Å². The van der Waals surface area contributed by atoms with E-state index in [4.69, 9.17) is 4.74 Å². The zero-order valence-electron chi connectivity index (χ0n) is 12.4. The van der Waals surface area contributed by atoms with Crippen LogP contribution in [0.5, 0.6) is 0 Å². The van der Waals surface area contributed by atoms with Crippen LogP contribution >= 0.6 is 0 Å². The lowest BCUT2D eigenvalue weighted by Gasteiger charge is -2.19. The van der Waals surface area contributed by atoms with Crippen molar-refractivity contribution in [3.63, 3.8) is 0 Å². The molecule has 1 aliphatic carbocycles. The summed E-state index contributed by atoms with van der Waals surface area (Å²) in [7, 11) is 0. The molecule has 1 fully saturated rings. The third-order valence-electron chi connectivity index (χ3n) is 3.73. The van der Waals surface area contributed by atoms with Crippen molar-refractivity contribution in [2.24, 2.45) is 0 Å². The molecule has 1 heterocycles. The van der Waals surface area contributed by atoms with Gasteiger partial charge in [-0.3, -0.25) is 4.79 Å². The largest absolute Gasteiger partial charge is 0.448 e. The Kier molecular flexibility index (Phi) is 5.72. The minimum atomic E-state index is -0.803. The second kappa shape index (κ2) is 7.76. The molecule has 0 spiro atoms. The molecule has 5 nitrogen and oxygen atoms in total. The van der Waals surface area contributed by atoms with Gasteiger partial charge in [0.05, 0.1) is 0 Å². The van der Waals surface area contributed by atoms with Crippen LogP contribution in [0.25, 0.3) is 0 Å². The van der Waals surface area contributed by atoms with Crippen LogP contribution in [0.4, 0.5) is 0 Å². The van der Waals surface area contributed by atoms with E-state index in [2.05, 4.69) is 10.3 Å². The minimum Gasteiger partial charge on any atom is -0.448 e. The third kappa shape index (κ3) is 4.85. The predicted octanol–water partition coefficient (Wildman–Crippen LogP) is 2.47. The van der Waals surface area contributed by atoms with Crippen LogP contribution in [-0.4, -0.2) is 29.0 Å². The molecule has 1 N–H and O–H groups in total. The van der Waals surface area contributed by atoms with Crippen LogP contribution in [-0.2, 0) is 9.53 Å². The summed E-state index contributed by atoms with van der Waals surface area (Å²) in [6.07, 6.45) is 7.49. The van der Waals surface area contributed by atoms with Crippen molar-refractivity contribution in [3.8, 4) is 0 Å². The van der Waals surface area contributed by atoms with E-state index in [-0.39, 0.29) is 17.6 Å². The maximum absolute atomic E-state index is 12.1. The molecule has 1 aliphatic rings. The SMILES string of the molecule is C[C@H](OC(=O)c1ccccn1)C(=O)NC1CCCCCC1. The van der Waals surface area contributed by atoms with Crippen LogP contribution in [0.3, 0.4) is 0 Å². The lowest BCUT2D eigenvalue weighted by atomic mass is 10.1. The molecule has 0 saturated heterocycles. The fourth-order valence-corrected chi connectivity index (χ4v) is 2.50. The molecule has 1 saturated carbocycles. The number of nitrogens with zero attached hydrogens (tertiary/aromatic N) is 1. The Balaban J connectivity index is 1.83. The van der Waals surface area contributed by atoms with Gasteiger partial charge < -0.3 is 10.1 Å². The Morgan fingerprint density at radius 3 is 2.57 bits per heavy atom. The predicted molar refractivity (Wildman–Crippen MR) is 78.7 cm³/mol. The molecule has 0 aliphatic heterocycles. The van der Waals surface area contributed by atoms with Crippen molar-refractivity contribution in [1.82, 2.24) is 10.3 Å². The van der Waals surface area contributed by atoms with Gasteiger partial charge in [-0.05, 0) is 31.9 Å². The van der Waals surface area contributed by atoms with E-state index in [1.165, 1.54) is 19.0 Å². The maximum Gasteiger partial charge on any atom is 0.357 e. The molecule has 0 radical (unpaired) electrons. The number of nitrogens with one attached hydrogen (secondary N) is 1. The lowest BCUT2D eigenvalue weighted by molar-refractivity contribution is -0.129. The number of aromatic nitrogens is 1. The Labute approximate surface area is 125 Å². The van der Waals surface area contributed by atoms with Crippen LogP contribution in [0.1, 0.15) is 55.9 Å². The molecule has 1 aromatic heterocycles. The fraction of sp³-hybridized carbons (Fsp3) is 0.562. The first-order chi connectivity index (χ1) is 10.2. The van der Waals surface area contributed by atoms with Crippen LogP contribution in [0, 0.1) is 0 Å². The molecule has 1 amide bonds. The van der Waals surface area contributed by atoms with Crippen LogP contribution < -0.4 is 5.32 Å². The number of hydrogen-bond donors (Lipinski definition) is 1. The number of esters is 1. The van der Waals surface area contributed by atoms with Gasteiger partial charge in [-0.25, -0.2) is 9.78 Å². The second-order valence-electron chi connectivity index (χ2n) is 5.46. The van der Waals surface area contributed by atoms with Gasteiger partial charge in [0.15, 0.2) is 6.10 Å². The van der Waals surface area contributed by atoms with Gasteiger partial charge in [-0.15, -0.1) is 0 Å². The normalized spacial score (nSPS) is 17.6. The van der Waals surface area contributed by atoms with Crippen molar-refractivity contribution in [2.75, 3.05) is 0 Å². The first-order valence-corrected chi connectivity index (χ1v) is 7.59. The Hall–Kier alpha value is -1.91. The summed E-state index contributed by atoms with van der Waals surface area (Å²) in [5.74, 6) is -0.801. The molecule has 5 heteroatoms. The fourth-order valence-electron chi connectivity index (χ4n) is 2.50. The van der Waals surface area contributed by atoms with Crippen LogP contribution in [0.2, 0.25) is 0 Å². The van der Waals surface area contributed by atoms with E-state index in [0.29, 0.717) is 0 Å². The molecule has 21 heavy (non-hydrogen) atoms. The summed E-state index contributed by atoms with van der Waals surface area (Å²) >= 11 is 0. The van der Waals surface area contributed by atoms with Gasteiger partial charge in [0, 0.05) is 12.2 Å². The van der Waals surface area contributed by atoms with E-state index in [1.54, 1.807) is 25.1 Å². The van der Waals surface area contributed by atoms with Crippen molar-refractivity contribution in [2.45, 2.75) is 57.6 Å². The summed E-state index contributed by atoms with van der Waals surface area (Å²) in [6, 6.07) is 5.20. The average molecular weight is 290 g/mol. The van der Waals surface area contributed by atoms with Gasteiger partial charge in [-0.2, -0.15) is 0 Å². The molecule has 2 rings (SSSR count). The highest BCUT2D eigenvalue weighted by Crippen LogP contribution is 2.17. The van der Waals surface area contributed by atoms with Crippen molar-refractivity contribution in [3.05, 3.63) is 30.1 Å². The smallest absolute Gasteiger partial charge is 0.357 e. The van der Waals surface area contributed by atoms with Gasteiger partial charge in [-0.1, -0.05) is 31.7 Å². The zero-order valence-corrected chi connectivity index (χ0v) is 12.4. The standard InChI is InChI=1S/C16H22N2O3/c1-12(21-16(20)14-10-6-7-11-17-14)15(19)18-13-8-4-2-3-5-9-13/h6-7,10-13H,2-5,8-9H2,1H3,(H,18,19)/t12-/m0/s1. The minimum absolute atomic E-state index is 0.205. The highest BCUT2D eigenvalue weighted by atomic mass is 16.5. The van der Waals surface area contributed by atoms with E-state index in [0.717, 1.165) is 25.7 Å². The number of rotatable bonds is 4. The van der Waals surface area contributed by atoms with E-state index < -0.39 is 12.1 Å². The summed E-state index contributed by atoms with van der Waals surface area (Å²) in [5, 5.41) is 2.98. The van der Waals surface area contributed by atoms with Crippen molar-refractivity contribution >= 4 is 11.9 Å². The van der Waals surface area contributed by atoms with E-state index in [1.807, 2.05) is 0 Å². The molecular formula is C16H22N2O3. The topological polar surface area (TPSA) is 68.3 Å². The molecule has 0 bridgehead atoms. The molecular weight excluding hydrogens is 268 g/mol. The van der Waals surface area contributed by atoms with Gasteiger partial charge in [0.2, 0.25) is 0 Å². The number of pyridine rings is 1. The summed E-state index contributed by atoms with van der Waals surface area (Å²) in [4.78, 5) is 27.8. The first kappa shape index (κ1) is 15.5. The average Bonchev–Trinajstić information content (AvgIpc) is 2.76. The van der Waals surface area contributed by atoms with Gasteiger partial charge in [0.25, 0.3) is 5.91 Å². The Morgan fingerprint density at radius 1 is 1.24 bits per heavy atom. The second-order valence-corrected chi connectivity index (χ2v) is 5.46. The van der Waals surface area contributed by atoms with Gasteiger partial charge >= 0.3 is 5.97 Å². The van der Waals surface area contributed by atoms with Crippen molar-refractivity contribution < 1.29 is 14.3 Å². The first-order valence-electron chi connectivity index (χ1n) is 7.59. The molecule has 0 unspecified atom stereocenters. The molecule has 1 aromatic rings. The third-order valence-corrected chi connectivity index (χ3v) is 3.73. The maximum atomic E-state index is 12.1. The molecule has 1 atom stereocenters. The number of carbonyl (C=O) groups excluding carboxylic acids is 2. The van der Waals surface area contributed by atoms with E-state index >= 15 is 0 Å². The molecule has 114 valence electrons. The van der Waals surface area contributed by atoms with Crippen LogP contribution in [0.15, 0.2) is 24.4 Å². The summed E-state index contributed by atoms with van der Waals surface area (Å²) < 4.78 is 5.16. The van der Waals surface area contributed by atoms with Crippen molar-refractivity contribution in [1.29, 1.82) is 0 Å². The number of hydrogen-bond acceptors (Lipinski definition) is 4. The zero-order chi connectivity index (χ0) is 15.1. The Bertz CT molecular complexity index is 468. The summed E-state index contributed by atoms with van der Waals surface area (Å²) in [5.41, 5.74) is 0.214. The number of carbonyl (C=O) groups is 2. The molecule has 0 aromatic carbocycles. The Morgan fingerprint density at radius 2 is 1.95 bits per heavy atom. The quantitative estimate of drug-likeness (QED) is 0.683. The monoisotopic (exact) mass is 290 g/mol. The number of amides is 1. The lowest BCUT2D eigenvalue weighted by Crippen LogP contribution is -2.41. The summed E-state index contributed by atoms with van der Waals surface area (Å²) in [6.45, 7) is 1.59. The highest BCUT2D eigenvalue weighted by Gasteiger charge is 2.22. The number of ether oxygens (including phenoxy) is 1. The van der Waals surface area contributed by atoms with Gasteiger partial charge in [0.1, 0.15) is 5.69 Å². The highest BCUT2D eigenvalue weighted by molar-refractivity contribution is 5.90.